The number of hydrogen-bond acceptors (Lipinski definition) is 3. The minimum Gasteiger partial charge on any atom is -0.489 e. The molecule has 2 aromatic carbocycles. The van der Waals surface area contributed by atoms with Gasteiger partial charge in [-0.1, -0.05) is 23.7 Å². The Bertz CT molecular complexity index is 937. The fourth-order valence-electron chi connectivity index (χ4n) is 2.69. The minimum atomic E-state index is -0.134. The molecule has 1 aromatic heterocycles. The summed E-state index contributed by atoms with van der Waals surface area (Å²) >= 11 is 5.97. The van der Waals surface area contributed by atoms with Crippen molar-refractivity contribution in [1.82, 2.24) is 15.1 Å². The van der Waals surface area contributed by atoms with Gasteiger partial charge in [-0.25, -0.2) is 0 Å². The molecule has 0 fully saturated rings. The van der Waals surface area contributed by atoms with Gasteiger partial charge in [-0.05, 0) is 61.4 Å². The van der Waals surface area contributed by atoms with E-state index in [1.54, 1.807) is 12.1 Å². The standard InChI is InChI=1S/C21H22ClN3O2/c1-3-25-10-9-19(24-25)13-23-21(26)17-6-4-5-16(12-17)14-27-20-8-7-18(22)11-15(20)2/h4-12H,3,13-14H2,1-2H3,(H,23,26). The topological polar surface area (TPSA) is 56.2 Å². The van der Waals surface area contributed by atoms with Crippen molar-refractivity contribution >= 4 is 17.5 Å². The molecule has 140 valence electrons. The highest BCUT2D eigenvalue weighted by atomic mass is 35.5. The van der Waals surface area contributed by atoms with Crippen molar-refractivity contribution in [1.29, 1.82) is 0 Å². The van der Waals surface area contributed by atoms with Gasteiger partial charge in [0.1, 0.15) is 12.4 Å². The smallest absolute Gasteiger partial charge is 0.251 e. The van der Waals surface area contributed by atoms with Crippen LogP contribution in [0, 0.1) is 6.92 Å². The summed E-state index contributed by atoms with van der Waals surface area (Å²) in [6.07, 6.45) is 1.90. The summed E-state index contributed by atoms with van der Waals surface area (Å²) < 4.78 is 7.69. The van der Waals surface area contributed by atoms with Gasteiger partial charge in [-0.2, -0.15) is 5.10 Å². The lowest BCUT2D eigenvalue weighted by Gasteiger charge is -2.10. The van der Waals surface area contributed by atoms with Gasteiger partial charge >= 0.3 is 0 Å². The van der Waals surface area contributed by atoms with Crippen molar-refractivity contribution in [2.45, 2.75) is 33.5 Å². The molecule has 3 rings (SSSR count). The first kappa shape index (κ1) is 19.0. The van der Waals surface area contributed by atoms with Crippen molar-refractivity contribution < 1.29 is 9.53 Å². The molecule has 27 heavy (non-hydrogen) atoms. The Morgan fingerprint density at radius 3 is 2.81 bits per heavy atom. The van der Waals surface area contributed by atoms with Crippen LogP contribution in [-0.4, -0.2) is 15.7 Å². The zero-order valence-corrected chi connectivity index (χ0v) is 16.2. The number of benzene rings is 2. The second kappa shape index (κ2) is 8.73. The van der Waals surface area contributed by atoms with E-state index in [-0.39, 0.29) is 5.91 Å². The Kier molecular flexibility index (Phi) is 6.14. The lowest BCUT2D eigenvalue weighted by molar-refractivity contribution is 0.0950. The molecule has 0 atom stereocenters. The molecule has 1 heterocycles. The highest BCUT2D eigenvalue weighted by molar-refractivity contribution is 6.30. The molecule has 6 heteroatoms. The first-order valence-corrected chi connectivity index (χ1v) is 9.21. The average molecular weight is 384 g/mol. The van der Waals surface area contributed by atoms with Crippen LogP contribution in [0.3, 0.4) is 0 Å². The van der Waals surface area contributed by atoms with Crippen molar-refractivity contribution in [3.63, 3.8) is 0 Å². The molecule has 0 aliphatic rings. The molecule has 0 bridgehead atoms. The Morgan fingerprint density at radius 2 is 2.07 bits per heavy atom. The molecule has 5 nitrogen and oxygen atoms in total. The number of carbonyl (C=O) groups is 1. The van der Waals surface area contributed by atoms with E-state index in [1.165, 1.54) is 0 Å². The summed E-state index contributed by atoms with van der Waals surface area (Å²) in [5.41, 5.74) is 3.33. The van der Waals surface area contributed by atoms with E-state index in [1.807, 2.05) is 61.1 Å². The van der Waals surface area contributed by atoms with Crippen LogP contribution in [-0.2, 0) is 19.7 Å². The number of aromatic nitrogens is 2. The first-order valence-electron chi connectivity index (χ1n) is 8.83. The van der Waals surface area contributed by atoms with Crippen LogP contribution in [0.1, 0.15) is 34.1 Å². The van der Waals surface area contributed by atoms with E-state index in [0.29, 0.717) is 23.7 Å². The zero-order valence-electron chi connectivity index (χ0n) is 15.4. The number of ether oxygens (including phenoxy) is 1. The Hall–Kier alpha value is -2.79. The molecule has 0 spiro atoms. The Balaban J connectivity index is 1.59. The maximum absolute atomic E-state index is 12.4. The van der Waals surface area contributed by atoms with E-state index >= 15 is 0 Å². The molecule has 0 saturated heterocycles. The van der Waals surface area contributed by atoms with Gasteiger partial charge in [0, 0.05) is 23.3 Å². The maximum Gasteiger partial charge on any atom is 0.251 e. The van der Waals surface area contributed by atoms with E-state index in [0.717, 1.165) is 29.1 Å². The highest BCUT2D eigenvalue weighted by Crippen LogP contribution is 2.22. The summed E-state index contributed by atoms with van der Waals surface area (Å²) in [5, 5.41) is 7.94. The lowest BCUT2D eigenvalue weighted by Crippen LogP contribution is -2.23. The minimum absolute atomic E-state index is 0.134. The number of aryl methyl sites for hydroxylation is 2. The van der Waals surface area contributed by atoms with Crippen molar-refractivity contribution in [2.24, 2.45) is 0 Å². The van der Waals surface area contributed by atoms with E-state index in [2.05, 4.69) is 10.4 Å². The summed E-state index contributed by atoms with van der Waals surface area (Å²) in [6.45, 7) is 5.56. The van der Waals surface area contributed by atoms with Gasteiger partial charge in [0.25, 0.3) is 5.91 Å². The molecule has 0 unspecified atom stereocenters. The summed E-state index contributed by atoms with van der Waals surface area (Å²) in [5.74, 6) is 0.645. The second-order valence-electron chi connectivity index (χ2n) is 6.24. The molecule has 1 amide bonds. The van der Waals surface area contributed by atoms with Crippen LogP contribution in [0.15, 0.2) is 54.7 Å². The fourth-order valence-corrected chi connectivity index (χ4v) is 2.91. The molecule has 0 radical (unpaired) electrons. The van der Waals surface area contributed by atoms with E-state index in [4.69, 9.17) is 16.3 Å². The van der Waals surface area contributed by atoms with Crippen LogP contribution in [0.5, 0.6) is 5.75 Å². The third-order valence-electron chi connectivity index (χ3n) is 4.17. The SMILES string of the molecule is CCn1ccc(CNC(=O)c2cccc(COc3ccc(Cl)cc3C)c2)n1. The van der Waals surface area contributed by atoms with E-state index < -0.39 is 0 Å². The first-order chi connectivity index (χ1) is 13.0. The van der Waals surface area contributed by atoms with Crippen molar-refractivity contribution in [3.8, 4) is 5.75 Å². The fraction of sp³-hybridized carbons (Fsp3) is 0.238. The summed E-state index contributed by atoms with van der Waals surface area (Å²) in [4.78, 5) is 12.4. The average Bonchev–Trinajstić information content (AvgIpc) is 3.14. The number of nitrogens with zero attached hydrogens (tertiary/aromatic N) is 2. The predicted molar refractivity (Wildman–Crippen MR) is 106 cm³/mol. The third-order valence-corrected chi connectivity index (χ3v) is 4.41. The highest BCUT2D eigenvalue weighted by Gasteiger charge is 2.08. The molecule has 1 N–H and O–H groups in total. The lowest BCUT2D eigenvalue weighted by atomic mass is 10.1. The maximum atomic E-state index is 12.4. The second-order valence-corrected chi connectivity index (χ2v) is 6.68. The van der Waals surface area contributed by atoms with Gasteiger partial charge in [-0.15, -0.1) is 0 Å². The monoisotopic (exact) mass is 383 g/mol. The number of rotatable bonds is 7. The Labute approximate surface area is 163 Å². The van der Waals surface area contributed by atoms with Crippen molar-refractivity contribution in [2.75, 3.05) is 0 Å². The number of halogens is 1. The molecule has 0 aliphatic carbocycles. The number of hydrogen-bond donors (Lipinski definition) is 1. The third kappa shape index (κ3) is 5.11. The zero-order chi connectivity index (χ0) is 19.2. The summed E-state index contributed by atoms with van der Waals surface area (Å²) in [6, 6.07) is 14.8. The van der Waals surface area contributed by atoms with Gasteiger partial charge in [0.15, 0.2) is 0 Å². The Morgan fingerprint density at radius 1 is 1.22 bits per heavy atom. The summed E-state index contributed by atoms with van der Waals surface area (Å²) in [7, 11) is 0. The van der Waals surface area contributed by atoms with Gasteiger partial charge in [0.05, 0.1) is 12.2 Å². The number of carbonyl (C=O) groups excluding carboxylic acids is 1. The number of amides is 1. The van der Waals surface area contributed by atoms with Crippen LogP contribution < -0.4 is 10.1 Å². The molecule has 0 aliphatic heterocycles. The van der Waals surface area contributed by atoms with Gasteiger partial charge < -0.3 is 10.1 Å². The van der Waals surface area contributed by atoms with Crippen LogP contribution in [0.4, 0.5) is 0 Å². The van der Waals surface area contributed by atoms with Crippen molar-refractivity contribution in [3.05, 3.63) is 82.1 Å². The van der Waals surface area contributed by atoms with E-state index in [9.17, 15) is 4.79 Å². The van der Waals surface area contributed by atoms with Crippen LogP contribution in [0.2, 0.25) is 5.02 Å². The molecular formula is C21H22ClN3O2. The van der Waals surface area contributed by atoms with Gasteiger partial charge in [0.2, 0.25) is 0 Å². The predicted octanol–water partition coefficient (Wildman–Crippen LogP) is 4.37. The normalized spacial score (nSPS) is 10.6. The molecular weight excluding hydrogens is 362 g/mol. The molecule has 0 saturated carbocycles. The quantitative estimate of drug-likeness (QED) is 0.659. The molecule has 3 aromatic rings. The van der Waals surface area contributed by atoms with Crippen LogP contribution in [0.25, 0.3) is 0 Å². The van der Waals surface area contributed by atoms with Gasteiger partial charge in [-0.3, -0.25) is 9.48 Å². The number of nitrogens with one attached hydrogen (secondary N) is 1. The largest absolute Gasteiger partial charge is 0.489 e. The van der Waals surface area contributed by atoms with Crippen LogP contribution >= 0.6 is 11.6 Å².